The van der Waals surface area contributed by atoms with Gasteiger partial charge in [-0.2, -0.15) is 4.98 Å². The molecular formula is C24H27FN4O2. The summed E-state index contributed by atoms with van der Waals surface area (Å²) in [6, 6.07) is 14.1. The zero-order valence-electron chi connectivity index (χ0n) is 17.8. The van der Waals surface area contributed by atoms with Gasteiger partial charge in [0.1, 0.15) is 5.82 Å². The average molecular weight is 423 g/mol. The average Bonchev–Trinajstić information content (AvgIpc) is 3.28. The van der Waals surface area contributed by atoms with Gasteiger partial charge < -0.3 is 9.84 Å². The molecule has 0 aliphatic carbocycles. The molecule has 2 heterocycles. The molecule has 1 fully saturated rings. The number of aryl methyl sites for hydroxylation is 1. The van der Waals surface area contributed by atoms with Crippen molar-refractivity contribution < 1.29 is 13.7 Å². The van der Waals surface area contributed by atoms with Crippen LogP contribution in [-0.2, 0) is 11.3 Å². The van der Waals surface area contributed by atoms with E-state index in [9.17, 15) is 9.18 Å². The largest absolute Gasteiger partial charge is 0.351 e. The van der Waals surface area contributed by atoms with Gasteiger partial charge in [-0.3, -0.25) is 9.69 Å². The Morgan fingerprint density at radius 1 is 1.29 bits per heavy atom. The maximum atomic E-state index is 13.5. The zero-order valence-corrected chi connectivity index (χ0v) is 17.8. The van der Waals surface area contributed by atoms with Crippen molar-refractivity contribution in [1.82, 2.24) is 20.4 Å². The smallest absolute Gasteiger partial charge is 0.237 e. The number of amides is 1. The minimum atomic E-state index is -0.335. The van der Waals surface area contributed by atoms with Crippen molar-refractivity contribution in [3.8, 4) is 11.4 Å². The maximum Gasteiger partial charge on any atom is 0.237 e. The molecule has 0 spiro atoms. The maximum absolute atomic E-state index is 13.5. The molecule has 3 aromatic rings. The second-order valence-electron chi connectivity index (χ2n) is 8.18. The van der Waals surface area contributed by atoms with E-state index in [1.165, 1.54) is 17.7 Å². The van der Waals surface area contributed by atoms with Crippen molar-refractivity contribution in [3.05, 3.63) is 71.4 Å². The Hall–Kier alpha value is -3.06. The van der Waals surface area contributed by atoms with Gasteiger partial charge >= 0.3 is 0 Å². The number of carbonyl (C=O) groups is 1. The number of carbonyl (C=O) groups excluding carboxylic acids is 1. The Morgan fingerprint density at radius 3 is 2.87 bits per heavy atom. The number of nitrogens with zero attached hydrogens (tertiary/aromatic N) is 3. The van der Waals surface area contributed by atoms with Crippen molar-refractivity contribution in [3.63, 3.8) is 0 Å². The quantitative estimate of drug-likeness (QED) is 0.648. The summed E-state index contributed by atoms with van der Waals surface area (Å²) in [6.07, 6.45) is 1.86. The zero-order chi connectivity index (χ0) is 21.8. The molecule has 31 heavy (non-hydrogen) atoms. The van der Waals surface area contributed by atoms with E-state index in [-0.39, 0.29) is 23.7 Å². The van der Waals surface area contributed by atoms with Gasteiger partial charge in [0.25, 0.3) is 0 Å². The van der Waals surface area contributed by atoms with Crippen molar-refractivity contribution in [1.29, 1.82) is 0 Å². The van der Waals surface area contributed by atoms with Crippen LogP contribution in [-0.4, -0.2) is 40.1 Å². The van der Waals surface area contributed by atoms with Crippen LogP contribution in [0.25, 0.3) is 11.4 Å². The normalized spacial score (nSPS) is 18.0. The summed E-state index contributed by atoms with van der Waals surface area (Å²) in [7, 11) is 0. The molecule has 2 atom stereocenters. The molecule has 2 unspecified atom stereocenters. The summed E-state index contributed by atoms with van der Waals surface area (Å²) in [5.74, 6) is 0.646. The number of rotatable bonds is 6. The van der Waals surface area contributed by atoms with Crippen LogP contribution in [0.1, 0.15) is 42.7 Å². The van der Waals surface area contributed by atoms with Gasteiger partial charge in [-0.25, -0.2) is 4.39 Å². The third kappa shape index (κ3) is 5.17. The first-order valence-corrected chi connectivity index (χ1v) is 10.7. The van der Waals surface area contributed by atoms with Crippen molar-refractivity contribution in [2.45, 2.75) is 45.2 Å². The summed E-state index contributed by atoms with van der Waals surface area (Å²) in [5, 5.41) is 7.06. The Morgan fingerprint density at radius 2 is 2.10 bits per heavy atom. The lowest BCUT2D eigenvalue weighted by Crippen LogP contribution is -2.48. The minimum Gasteiger partial charge on any atom is -0.351 e. The fourth-order valence-electron chi connectivity index (χ4n) is 3.91. The van der Waals surface area contributed by atoms with Gasteiger partial charge in [0, 0.05) is 18.7 Å². The standard InChI is InChI=1S/C24H27FN4O2/c1-16-8-10-18(11-9-16)14-26-23(30)17(2)29-12-4-6-20(15-29)24-27-22(28-31-24)19-5-3-7-21(25)13-19/h3,5,7-11,13,17,20H,4,6,12,14-15H2,1-2H3,(H,26,30). The van der Waals surface area contributed by atoms with Crippen LogP contribution >= 0.6 is 0 Å². The molecule has 1 amide bonds. The highest BCUT2D eigenvalue weighted by Crippen LogP contribution is 2.28. The Labute approximate surface area is 181 Å². The highest BCUT2D eigenvalue weighted by molar-refractivity contribution is 5.81. The van der Waals surface area contributed by atoms with Crippen LogP contribution in [0.5, 0.6) is 0 Å². The number of aromatic nitrogens is 2. The number of benzene rings is 2. The summed E-state index contributed by atoms with van der Waals surface area (Å²) in [6.45, 7) is 6.01. The molecule has 4 rings (SSSR count). The van der Waals surface area contributed by atoms with Crippen molar-refractivity contribution in [2.75, 3.05) is 13.1 Å². The third-order valence-electron chi connectivity index (χ3n) is 5.84. The van der Waals surface area contributed by atoms with E-state index in [4.69, 9.17) is 4.52 Å². The minimum absolute atomic E-state index is 0.00667. The van der Waals surface area contributed by atoms with Crippen LogP contribution in [0.4, 0.5) is 4.39 Å². The van der Waals surface area contributed by atoms with Gasteiger partial charge in [0.05, 0.1) is 12.0 Å². The summed E-state index contributed by atoms with van der Waals surface area (Å²) in [4.78, 5) is 19.4. The predicted octanol–water partition coefficient (Wildman–Crippen LogP) is 4.07. The fraction of sp³-hybridized carbons (Fsp3) is 0.375. The molecule has 6 nitrogen and oxygen atoms in total. The van der Waals surface area contributed by atoms with Crippen LogP contribution in [0.3, 0.4) is 0 Å². The summed E-state index contributed by atoms with van der Waals surface area (Å²) in [5.41, 5.74) is 2.87. The number of piperidine rings is 1. The van der Waals surface area contributed by atoms with E-state index >= 15 is 0 Å². The van der Waals surface area contributed by atoms with Gasteiger partial charge in [-0.1, -0.05) is 47.1 Å². The number of likely N-dealkylation sites (tertiary alicyclic amines) is 1. The van der Waals surface area contributed by atoms with E-state index in [2.05, 4.69) is 20.4 Å². The summed E-state index contributed by atoms with van der Waals surface area (Å²) >= 11 is 0. The lowest BCUT2D eigenvalue weighted by molar-refractivity contribution is -0.126. The third-order valence-corrected chi connectivity index (χ3v) is 5.84. The second kappa shape index (κ2) is 9.39. The Bertz CT molecular complexity index is 1030. The lowest BCUT2D eigenvalue weighted by Gasteiger charge is -2.34. The second-order valence-corrected chi connectivity index (χ2v) is 8.18. The predicted molar refractivity (Wildman–Crippen MR) is 116 cm³/mol. The molecule has 2 aromatic carbocycles. The van der Waals surface area contributed by atoms with Crippen molar-refractivity contribution >= 4 is 5.91 Å². The molecule has 1 aromatic heterocycles. The van der Waals surface area contributed by atoms with E-state index in [0.29, 0.717) is 30.4 Å². The van der Waals surface area contributed by atoms with Gasteiger partial charge in [0.2, 0.25) is 17.6 Å². The SMILES string of the molecule is Cc1ccc(CNC(=O)C(C)N2CCCC(c3nc(-c4cccc(F)c4)no3)C2)cc1. The number of nitrogens with one attached hydrogen (secondary N) is 1. The number of halogens is 1. The Kier molecular flexibility index (Phi) is 6.42. The molecule has 1 N–H and O–H groups in total. The van der Waals surface area contributed by atoms with E-state index < -0.39 is 0 Å². The molecule has 1 aliphatic rings. The Balaban J connectivity index is 1.36. The van der Waals surface area contributed by atoms with Crippen LogP contribution in [0, 0.1) is 12.7 Å². The lowest BCUT2D eigenvalue weighted by atomic mass is 9.96. The molecule has 1 aliphatic heterocycles. The van der Waals surface area contributed by atoms with E-state index in [1.54, 1.807) is 12.1 Å². The van der Waals surface area contributed by atoms with Gasteiger partial charge in [-0.05, 0) is 50.9 Å². The molecule has 1 saturated heterocycles. The van der Waals surface area contributed by atoms with Crippen LogP contribution in [0.2, 0.25) is 0 Å². The van der Waals surface area contributed by atoms with Crippen LogP contribution < -0.4 is 5.32 Å². The molecule has 0 radical (unpaired) electrons. The molecule has 0 bridgehead atoms. The molecule has 162 valence electrons. The fourth-order valence-corrected chi connectivity index (χ4v) is 3.91. The molecule has 0 saturated carbocycles. The van der Waals surface area contributed by atoms with Crippen molar-refractivity contribution in [2.24, 2.45) is 0 Å². The van der Waals surface area contributed by atoms with Gasteiger partial charge in [0.15, 0.2) is 0 Å². The van der Waals surface area contributed by atoms with Crippen LogP contribution in [0.15, 0.2) is 53.1 Å². The molecular weight excluding hydrogens is 395 g/mol. The summed E-state index contributed by atoms with van der Waals surface area (Å²) < 4.78 is 19.0. The number of hydrogen-bond donors (Lipinski definition) is 1. The monoisotopic (exact) mass is 422 g/mol. The van der Waals surface area contributed by atoms with Gasteiger partial charge in [-0.15, -0.1) is 0 Å². The molecule has 7 heteroatoms. The van der Waals surface area contributed by atoms with E-state index in [1.807, 2.05) is 38.1 Å². The first-order chi connectivity index (χ1) is 15.0. The number of hydrogen-bond acceptors (Lipinski definition) is 5. The first kappa shape index (κ1) is 21.2. The highest BCUT2D eigenvalue weighted by atomic mass is 19.1. The first-order valence-electron chi connectivity index (χ1n) is 10.7. The highest BCUT2D eigenvalue weighted by Gasteiger charge is 2.31. The van der Waals surface area contributed by atoms with E-state index in [0.717, 1.165) is 24.9 Å². The topological polar surface area (TPSA) is 71.3 Å².